The number of hydrogen-bond donors (Lipinski definition) is 0. The van der Waals surface area contributed by atoms with Crippen molar-refractivity contribution in [3.05, 3.63) is 88.1 Å². The second kappa shape index (κ2) is 7.98. The molecule has 0 fully saturated rings. The van der Waals surface area contributed by atoms with Crippen LogP contribution in [-0.4, -0.2) is 31.3 Å². The third-order valence-corrected chi connectivity index (χ3v) is 6.03. The number of anilines is 2. The Bertz CT molecular complexity index is 1300. The second-order valence-corrected chi connectivity index (χ2v) is 8.55. The molecule has 0 saturated carbocycles. The quantitative estimate of drug-likeness (QED) is 0.396. The summed E-state index contributed by atoms with van der Waals surface area (Å²) >= 11 is 6.60. The standard InChI is InChI=1S/C24H22ClFN6/c1-14-10-17(4-9-20(14)32-13-27-16(3)30-32)11-21-28-23(25)22-15(2)12-31(24(22)29-21)19-7-5-18(26)6-8-19/h4-10,13,15H,11-12H2,1-3H3. The molecular formula is C24H22ClFN6. The molecule has 5 rings (SSSR count). The molecule has 3 heterocycles. The van der Waals surface area contributed by atoms with E-state index in [9.17, 15) is 4.39 Å². The molecule has 0 radical (unpaired) electrons. The third-order valence-electron chi connectivity index (χ3n) is 5.75. The van der Waals surface area contributed by atoms with Crippen LogP contribution in [0, 0.1) is 19.7 Å². The lowest BCUT2D eigenvalue weighted by Crippen LogP contribution is -2.16. The molecule has 8 heteroatoms. The average molecular weight is 449 g/mol. The summed E-state index contributed by atoms with van der Waals surface area (Å²) < 4.78 is 15.2. The number of rotatable bonds is 4. The van der Waals surface area contributed by atoms with Crippen LogP contribution in [0.15, 0.2) is 48.8 Å². The van der Waals surface area contributed by atoms with Gasteiger partial charge in [0.25, 0.3) is 0 Å². The van der Waals surface area contributed by atoms with E-state index in [1.54, 1.807) is 23.1 Å². The van der Waals surface area contributed by atoms with E-state index >= 15 is 0 Å². The predicted octanol–water partition coefficient (Wildman–Crippen LogP) is 5.31. The van der Waals surface area contributed by atoms with Crippen LogP contribution >= 0.6 is 11.6 Å². The van der Waals surface area contributed by atoms with Gasteiger partial charge in [0.05, 0.1) is 5.69 Å². The Hall–Kier alpha value is -3.32. The molecule has 1 unspecified atom stereocenters. The zero-order chi connectivity index (χ0) is 22.4. The van der Waals surface area contributed by atoms with Crippen LogP contribution in [-0.2, 0) is 6.42 Å². The van der Waals surface area contributed by atoms with Crippen molar-refractivity contribution in [1.82, 2.24) is 24.7 Å². The van der Waals surface area contributed by atoms with Crippen LogP contribution in [0.4, 0.5) is 15.9 Å². The summed E-state index contributed by atoms with van der Waals surface area (Å²) in [5.41, 5.74) is 4.98. The number of hydrogen-bond acceptors (Lipinski definition) is 5. The van der Waals surface area contributed by atoms with Crippen molar-refractivity contribution in [2.75, 3.05) is 11.4 Å². The highest BCUT2D eigenvalue weighted by atomic mass is 35.5. The minimum Gasteiger partial charge on any atom is -0.325 e. The first-order valence-corrected chi connectivity index (χ1v) is 10.8. The van der Waals surface area contributed by atoms with Crippen LogP contribution in [0.5, 0.6) is 0 Å². The van der Waals surface area contributed by atoms with Gasteiger partial charge in [-0.2, -0.15) is 5.10 Å². The monoisotopic (exact) mass is 448 g/mol. The topological polar surface area (TPSA) is 59.7 Å². The van der Waals surface area contributed by atoms with Crippen LogP contribution < -0.4 is 4.90 Å². The van der Waals surface area contributed by atoms with Crippen molar-refractivity contribution in [3.8, 4) is 5.69 Å². The van der Waals surface area contributed by atoms with E-state index in [1.165, 1.54) is 12.1 Å². The molecule has 0 aliphatic carbocycles. The smallest absolute Gasteiger partial charge is 0.147 e. The van der Waals surface area contributed by atoms with E-state index < -0.39 is 0 Å². The molecule has 2 aromatic carbocycles. The van der Waals surface area contributed by atoms with Gasteiger partial charge in [0.15, 0.2) is 0 Å². The third kappa shape index (κ3) is 3.73. The highest BCUT2D eigenvalue weighted by Crippen LogP contribution is 2.42. The average Bonchev–Trinajstić information content (AvgIpc) is 3.32. The predicted molar refractivity (Wildman–Crippen MR) is 123 cm³/mol. The van der Waals surface area contributed by atoms with Crippen LogP contribution in [0.3, 0.4) is 0 Å². The number of benzene rings is 2. The molecule has 4 aromatic rings. The largest absolute Gasteiger partial charge is 0.325 e. The fraction of sp³-hybridized carbons (Fsp3) is 0.250. The molecule has 6 nitrogen and oxygen atoms in total. The molecule has 2 aromatic heterocycles. The SMILES string of the molecule is Cc1ncn(-c2ccc(Cc3nc(Cl)c4c(n3)N(c3ccc(F)cc3)CC4C)cc2C)n1. The number of aryl methyl sites for hydroxylation is 2. The van der Waals surface area contributed by atoms with Crippen molar-refractivity contribution in [1.29, 1.82) is 0 Å². The van der Waals surface area contributed by atoms with Gasteiger partial charge in [0.1, 0.15) is 34.8 Å². The number of halogens is 2. The summed E-state index contributed by atoms with van der Waals surface area (Å²) in [4.78, 5) is 15.7. The van der Waals surface area contributed by atoms with Gasteiger partial charge in [0, 0.05) is 30.1 Å². The molecule has 0 amide bonds. The van der Waals surface area contributed by atoms with Gasteiger partial charge in [-0.3, -0.25) is 0 Å². The molecule has 0 bridgehead atoms. The van der Waals surface area contributed by atoms with Gasteiger partial charge in [-0.1, -0.05) is 30.7 Å². The van der Waals surface area contributed by atoms with Gasteiger partial charge in [0.2, 0.25) is 0 Å². The van der Waals surface area contributed by atoms with Gasteiger partial charge in [-0.15, -0.1) is 0 Å². The Morgan fingerprint density at radius 1 is 1.09 bits per heavy atom. The summed E-state index contributed by atoms with van der Waals surface area (Å²) in [5, 5.41) is 4.87. The van der Waals surface area contributed by atoms with E-state index in [2.05, 4.69) is 33.0 Å². The normalized spacial score (nSPS) is 15.3. The Balaban J connectivity index is 1.47. The van der Waals surface area contributed by atoms with Crippen molar-refractivity contribution in [2.45, 2.75) is 33.1 Å². The molecule has 162 valence electrons. The van der Waals surface area contributed by atoms with E-state index in [0.29, 0.717) is 17.4 Å². The van der Waals surface area contributed by atoms with E-state index in [1.807, 2.05) is 26.0 Å². The number of nitrogens with zero attached hydrogens (tertiary/aromatic N) is 6. The maximum Gasteiger partial charge on any atom is 0.147 e. The minimum atomic E-state index is -0.262. The summed E-state index contributed by atoms with van der Waals surface area (Å²) in [6.45, 7) is 6.74. The van der Waals surface area contributed by atoms with Gasteiger partial charge in [-0.25, -0.2) is 24.0 Å². The molecule has 0 spiro atoms. The first kappa shape index (κ1) is 20.6. The van der Waals surface area contributed by atoms with Crippen molar-refractivity contribution in [3.63, 3.8) is 0 Å². The summed E-state index contributed by atoms with van der Waals surface area (Å²) in [5.74, 6) is 2.10. The first-order chi connectivity index (χ1) is 15.4. The Labute approximate surface area is 190 Å². The fourth-order valence-corrected chi connectivity index (χ4v) is 4.58. The lowest BCUT2D eigenvalue weighted by molar-refractivity contribution is 0.627. The zero-order valence-electron chi connectivity index (χ0n) is 18.0. The molecule has 1 aliphatic heterocycles. The highest BCUT2D eigenvalue weighted by molar-refractivity contribution is 6.30. The minimum absolute atomic E-state index is 0.185. The molecule has 32 heavy (non-hydrogen) atoms. The van der Waals surface area contributed by atoms with Gasteiger partial charge in [-0.05, 0) is 55.3 Å². The second-order valence-electron chi connectivity index (χ2n) is 8.19. The van der Waals surface area contributed by atoms with Gasteiger partial charge < -0.3 is 4.90 Å². The molecule has 0 N–H and O–H groups in total. The van der Waals surface area contributed by atoms with E-state index in [-0.39, 0.29) is 11.7 Å². The van der Waals surface area contributed by atoms with Crippen LogP contribution in [0.25, 0.3) is 5.69 Å². The molecular weight excluding hydrogens is 427 g/mol. The first-order valence-electron chi connectivity index (χ1n) is 10.5. The van der Waals surface area contributed by atoms with Crippen LogP contribution in [0.1, 0.15) is 41.2 Å². The van der Waals surface area contributed by atoms with Crippen LogP contribution in [0.2, 0.25) is 5.15 Å². The lowest BCUT2D eigenvalue weighted by Gasteiger charge is -2.19. The lowest BCUT2D eigenvalue weighted by atomic mass is 10.1. The molecule has 0 saturated heterocycles. The van der Waals surface area contributed by atoms with Crippen molar-refractivity contribution >= 4 is 23.1 Å². The summed E-state index contributed by atoms with van der Waals surface area (Å²) in [6.07, 6.45) is 2.27. The number of fused-ring (bicyclic) bond motifs is 1. The molecule has 1 atom stereocenters. The maximum absolute atomic E-state index is 13.4. The molecule has 1 aliphatic rings. The highest BCUT2D eigenvalue weighted by Gasteiger charge is 2.31. The Morgan fingerprint density at radius 2 is 1.88 bits per heavy atom. The number of aromatic nitrogens is 5. The van der Waals surface area contributed by atoms with E-state index in [4.69, 9.17) is 16.6 Å². The van der Waals surface area contributed by atoms with Gasteiger partial charge >= 0.3 is 0 Å². The van der Waals surface area contributed by atoms with Crippen molar-refractivity contribution < 1.29 is 4.39 Å². The zero-order valence-corrected chi connectivity index (χ0v) is 18.8. The van der Waals surface area contributed by atoms with E-state index in [0.717, 1.165) is 46.3 Å². The summed E-state index contributed by atoms with van der Waals surface area (Å²) in [6, 6.07) is 12.6. The summed E-state index contributed by atoms with van der Waals surface area (Å²) in [7, 11) is 0. The van der Waals surface area contributed by atoms with Crippen molar-refractivity contribution in [2.24, 2.45) is 0 Å². The Kier molecular flexibility index (Phi) is 5.13. The Morgan fingerprint density at radius 3 is 2.56 bits per heavy atom. The fourth-order valence-electron chi connectivity index (χ4n) is 4.21. The maximum atomic E-state index is 13.4.